The number of rotatable bonds is 2. The third-order valence-electron chi connectivity index (χ3n) is 2.37. The van der Waals surface area contributed by atoms with Crippen molar-refractivity contribution in [1.29, 1.82) is 0 Å². The minimum absolute atomic E-state index is 0.100. The predicted octanol–water partition coefficient (Wildman–Crippen LogP) is 1.02. The van der Waals surface area contributed by atoms with Crippen molar-refractivity contribution in [2.75, 3.05) is 20.2 Å². The summed E-state index contributed by atoms with van der Waals surface area (Å²) in [5.41, 5.74) is 0.100. The largest absolute Gasteiger partial charge is 0.375 e. The Morgan fingerprint density at radius 3 is 2.70 bits per heavy atom. The van der Waals surface area contributed by atoms with E-state index in [1.165, 1.54) is 6.42 Å². The highest BCUT2D eigenvalue weighted by atomic mass is 16.5. The first kappa shape index (κ1) is 8.02. The van der Waals surface area contributed by atoms with E-state index in [1.54, 1.807) is 0 Å². The van der Waals surface area contributed by atoms with Gasteiger partial charge in [0, 0.05) is 19.1 Å². The van der Waals surface area contributed by atoms with Gasteiger partial charge < -0.3 is 10.1 Å². The predicted molar refractivity (Wildman–Crippen MR) is 42.1 cm³/mol. The summed E-state index contributed by atoms with van der Waals surface area (Å²) in [6, 6.07) is 0. The highest BCUT2D eigenvalue weighted by Gasteiger charge is 2.34. The number of ether oxygens (including phenoxy) is 1. The molecule has 0 aromatic rings. The molecule has 0 aromatic carbocycles. The second kappa shape index (κ2) is 2.89. The molecule has 1 N–H and O–H groups in total. The molecule has 0 saturated carbocycles. The summed E-state index contributed by atoms with van der Waals surface area (Å²) in [7, 11) is 1.99. The molecule has 1 heterocycles. The van der Waals surface area contributed by atoms with Gasteiger partial charge in [-0.15, -0.1) is 0 Å². The van der Waals surface area contributed by atoms with Crippen molar-refractivity contribution in [1.82, 2.24) is 5.32 Å². The van der Waals surface area contributed by atoms with Crippen LogP contribution in [0.4, 0.5) is 0 Å². The van der Waals surface area contributed by atoms with Crippen LogP contribution in [0.3, 0.4) is 0 Å². The Labute approximate surface area is 63.0 Å². The summed E-state index contributed by atoms with van der Waals surface area (Å²) in [5.74, 6) is 0.692. The Bertz CT molecular complexity index is 112. The van der Waals surface area contributed by atoms with E-state index in [0.717, 1.165) is 13.2 Å². The topological polar surface area (TPSA) is 21.3 Å². The summed E-state index contributed by atoms with van der Waals surface area (Å²) in [4.78, 5) is 0. The molecule has 1 unspecified atom stereocenters. The van der Waals surface area contributed by atoms with E-state index >= 15 is 0 Å². The smallest absolute Gasteiger partial charge is 0.0667 e. The third-order valence-corrected chi connectivity index (χ3v) is 2.37. The van der Waals surface area contributed by atoms with Crippen LogP contribution in [0.15, 0.2) is 0 Å². The van der Waals surface area contributed by atoms with Gasteiger partial charge in [0.2, 0.25) is 0 Å². The average molecular weight is 143 g/mol. The summed E-state index contributed by atoms with van der Waals surface area (Å²) in [5, 5.41) is 3.19. The lowest BCUT2D eigenvalue weighted by Crippen LogP contribution is -2.33. The van der Waals surface area contributed by atoms with Crippen LogP contribution < -0.4 is 5.32 Å². The molecule has 0 spiro atoms. The molecule has 0 aromatic heterocycles. The van der Waals surface area contributed by atoms with Crippen molar-refractivity contribution in [3.63, 3.8) is 0 Å². The summed E-state index contributed by atoms with van der Waals surface area (Å²) >= 11 is 0. The minimum Gasteiger partial charge on any atom is -0.375 e. The zero-order valence-electron chi connectivity index (χ0n) is 7.11. The lowest BCUT2D eigenvalue weighted by Gasteiger charge is -2.25. The summed E-state index contributed by atoms with van der Waals surface area (Å²) < 4.78 is 5.57. The lowest BCUT2D eigenvalue weighted by atomic mass is 9.91. The Morgan fingerprint density at radius 1 is 1.60 bits per heavy atom. The highest BCUT2D eigenvalue weighted by Crippen LogP contribution is 2.30. The quantitative estimate of drug-likeness (QED) is 0.623. The van der Waals surface area contributed by atoms with Gasteiger partial charge in [0.05, 0.1) is 5.60 Å². The second-order valence-electron chi connectivity index (χ2n) is 3.50. The maximum absolute atomic E-state index is 5.57. The maximum Gasteiger partial charge on any atom is 0.0667 e. The maximum atomic E-state index is 5.57. The molecule has 2 heteroatoms. The summed E-state index contributed by atoms with van der Waals surface area (Å²) in [6.45, 7) is 6.34. The van der Waals surface area contributed by atoms with E-state index in [4.69, 9.17) is 4.74 Å². The fourth-order valence-electron chi connectivity index (χ4n) is 1.52. The second-order valence-corrected chi connectivity index (χ2v) is 3.50. The van der Waals surface area contributed by atoms with Gasteiger partial charge >= 0.3 is 0 Å². The van der Waals surface area contributed by atoms with E-state index < -0.39 is 0 Å². The van der Waals surface area contributed by atoms with Crippen LogP contribution in [-0.2, 0) is 4.74 Å². The first-order valence-electron chi connectivity index (χ1n) is 3.95. The van der Waals surface area contributed by atoms with Crippen LogP contribution in [0.1, 0.15) is 20.3 Å². The van der Waals surface area contributed by atoms with Crippen molar-refractivity contribution in [3.8, 4) is 0 Å². The van der Waals surface area contributed by atoms with Crippen LogP contribution in [0, 0.1) is 5.92 Å². The van der Waals surface area contributed by atoms with Gasteiger partial charge in [-0.2, -0.15) is 0 Å². The number of hydrogen-bond donors (Lipinski definition) is 1. The normalized spacial score (nSPS) is 30.9. The first-order chi connectivity index (χ1) is 4.67. The Balaban J connectivity index is 2.43. The Morgan fingerprint density at radius 2 is 2.30 bits per heavy atom. The monoisotopic (exact) mass is 143 g/mol. The zero-order chi connectivity index (χ0) is 7.61. The van der Waals surface area contributed by atoms with Gasteiger partial charge in [-0.1, -0.05) is 0 Å². The van der Waals surface area contributed by atoms with Crippen molar-refractivity contribution >= 4 is 0 Å². The molecule has 0 aliphatic carbocycles. The van der Waals surface area contributed by atoms with Gasteiger partial charge in [-0.05, 0) is 27.3 Å². The van der Waals surface area contributed by atoms with Crippen molar-refractivity contribution in [3.05, 3.63) is 0 Å². The molecule has 1 fully saturated rings. The van der Waals surface area contributed by atoms with E-state index in [1.807, 2.05) is 7.05 Å². The van der Waals surface area contributed by atoms with Crippen LogP contribution >= 0.6 is 0 Å². The average Bonchev–Trinajstić information content (AvgIpc) is 2.13. The fourth-order valence-corrected chi connectivity index (χ4v) is 1.52. The van der Waals surface area contributed by atoms with E-state index in [-0.39, 0.29) is 5.60 Å². The molecule has 10 heavy (non-hydrogen) atoms. The molecule has 1 aliphatic rings. The molecule has 0 radical (unpaired) electrons. The molecule has 0 bridgehead atoms. The van der Waals surface area contributed by atoms with E-state index in [9.17, 15) is 0 Å². The molecule has 2 nitrogen and oxygen atoms in total. The molecule has 1 rings (SSSR count). The van der Waals surface area contributed by atoms with E-state index in [0.29, 0.717) is 5.92 Å². The van der Waals surface area contributed by atoms with Crippen LogP contribution in [0.5, 0.6) is 0 Å². The van der Waals surface area contributed by atoms with Crippen LogP contribution in [0.25, 0.3) is 0 Å². The molecule has 1 atom stereocenters. The highest BCUT2D eigenvalue weighted by molar-refractivity contribution is 4.85. The van der Waals surface area contributed by atoms with Crippen LogP contribution in [-0.4, -0.2) is 25.8 Å². The van der Waals surface area contributed by atoms with Crippen molar-refractivity contribution < 1.29 is 4.74 Å². The van der Waals surface area contributed by atoms with Gasteiger partial charge in [0.25, 0.3) is 0 Å². The van der Waals surface area contributed by atoms with Gasteiger partial charge in [-0.25, -0.2) is 0 Å². The first-order valence-corrected chi connectivity index (χ1v) is 3.95. The molecular formula is C8H17NO. The minimum atomic E-state index is 0.100. The number of hydrogen-bond acceptors (Lipinski definition) is 2. The number of nitrogens with one attached hydrogen (secondary N) is 1. The van der Waals surface area contributed by atoms with Gasteiger partial charge in [0.1, 0.15) is 0 Å². The lowest BCUT2D eigenvalue weighted by molar-refractivity contribution is 0.0118. The van der Waals surface area contributed by atoms with Crippen molar-refractivity contribution in [2.45, 2.75) is 25.9 Å². The molecule has 0 amide bonds. The Kier molecular flexibility index (Phi) is 2.32. The standard InChI is InChI=1S/C8H17NO/c1-8(2)7(6-9-3)4-5-10-8/h7,9H,4-6H2,1-3H3. The Hall–Kier alpha value is -0.0800. The van der Waals surface area contributed by atoms with Gasteiger partial charge in [0.15, 0.2) is 0 Å². The van der Waals surface area contributed by atoms with Crippen molar-refractivity contribution in [2.24, 2.45) is 5.92 Å². The van der Waals surface area contributed by atoms with Crippen LogP contribution in [0.2, 0.25) is 0 Å². The summed E-state index contributed by atoms with van der Waals surface area (Å²) in [6.07, 6.45) is 1.20. The molecule has 60 valence electrons. The third kappa shape index (κ3) is 1.50. The molecule has 1 saturated heterocycles. The van der Waals surface area contributed by atoms with Gasteiger partial charge in [-0.3, -0.25) is 0 Å². The SMILES string of the molecule is CNCC1CCOC1(C)C. The van der Waals surface area contributed by atoms with E-state index in [2.05, 4.69) is 19.2 Å². The zero-order valence-corrected chi connectivity index (χ0v) is 7.11. The molecule has 1 aliphatic heterocycles. The fraction of sp³-hybridized carbons (Fsp3) is 1.00. The molecular weight excluding hydrogens is 126 g/mol.